The number of thioether (sulfide) groups is 1. The van der Waals surface area contributed by atoms with E-state index in [1.165, 1.54) is 22.4 Å². The molecule has 1 rings (SSSR count). The van der Waals surface area contributed by atoms with Crippen LogP contribution >= 0.6 is 11.8 Å². The Morgan fingerprint density at radius 3 is 2.74 bits per heavy atom. The SMILES string of the molecule is CCNC(CSCCCOC)c1ccc(C)cc1C. The van der Waals surface area contributed by atoms with Crippen molar-refractivity contribution in [3.8, 4) is 0 Å². The molecule has 0 aromatic heterocycles. The number of benzene rings is 1. The molecule has 0 heterocycles. The number of aryl methyl sites for hydroxylation is 2. The highest BCUT2D eigenvalue weighted by Crippen LogP contribution is 2.23. The average molecular weight is 281 g/mol. The van der Waals surface area contributed by atoms with E-state index in [0.29, 0.717) is 6.04 Å². The van der Waals surface area contributed by atoms with Gasteiger partial charge in [-0.15, -0.1) is 0 Å². The molecule has 1 aromatic rings. The zero-order chi connectivity index (χ0) is 14.1. The van der Waals surface area contributed by atoms with E-state index in [2.05, 4.69) is 44.3 Å². The van der Waals surface area contributed by atoms with E-state index < -0.39 is 0 Å². The molecule has 0 aliphatic rings. The van der Waals surface area contributed by atoms with Gasteiger partial charge in [-0.05, 0) is 43.7 Å². The molecular weight excluding hydrogens is 254 g/mol. The summed E-state index contributed by atoms with van der Waals surface area (Å²) in [5.74, 6) is 2.29. The van der Waals surface area contributed by atoms with E-state index in [9.17, 15) is 0 Å². The van der Waals surface area contributed by atoms with Gasteiger partial charge in [-0.2, -0.15) is 11.8 Å². The normalized spacial score (nSPS) is 12.6. The van der Waals surface area contributed by atoms with E-state index in [-0.39, 0.29) is 0 Å². The minimum absolute atomic E-state index is 0.457. The Morgan fingerprint density at radius 1 is 1.32 bits per heavy atom. The molecule has 0 aliphatic carbocycles. The monoisotopic (exact) mass is 281 g/mol. The molecule has 1 aromatic carbocycles. The van der Waals surface area contributed by atoms with Gasteiger partial charge in [-0.25, -0.2) is 0 Å². The molecular formula is C16H27NOS. The van der Waals surface area contributed by atoms with Gasteiger partial charge < -0.3 is 10.1 Å². The Balaban J connectivity index is 2.55. The zero-order valence-electron chi connectivity index (χ0n) is 12.7. The molecule has 108 valence electrons. The summed E-state index contributed by atoms with van der Waals surface area (Å²) in [6.07, 6.45) is 1.13. The van der Waals surface area contributed by atoms with Crippen LogP contribution in [0.25, 0.3) is 0 Å². The van der Waals surface area contributed by atoms with Crippen LogP contribution in [-0.4, -0.2) is 31.8 Å². The molecule has 0 radical (unpaired) electrons. The molecule has 1 unspecified atom stereocenters. The van der Waals surface area contributed by atoms with Crippen molar-refractivity contribution in [1.29, 1.82) is 0 Å². The van der Waals surface area contributed by atoms with Gasteiger partial charge in [-0.3, -0.25) is 0 Å². The second-order valence-corrected chi connectivity index (χ2v) is 6.04. The Bertz CT molecular complexity index is 368. The van der Waals surface area contributed by atoms with Crippen LogP contribution in [0.2, 0.25) is 0 Å². The largest absolute Gasteiger partial charge is 0.385 e. The molecule has 3 heteroatoms. The van der Waals surface area contributed by atoms with Gasteiger partial charge in [0.2, 0.25) is 0 Å². The van der Waals surface area contributed by atoms with Gasteiger partial charge >= 0.3 is 0 Å². The fourth-order valence-electron chi connectivity index (χ4n) is 2.23. The fraction of sp³-hybridized carbons (Fsp3) is 0.625. The lowest BCUT2D eigenvalue weighted by Crippen LogP contribution is -2.24. The summed E-state index contributed by atoms with van der Waals surface area (Å²) in [6, 6.07) is 7.21. The highest BCUT2D eigenvalue weighted by molar-refractivity contribution is 7.99. The van der Waals surface area contributed by atoms with Crippen molar-refractivity contribution in [2.45, 2.75) is 33.2 Å². The molecule has 0 saturated carbocycles. The quantitative estimate of drug-likeness (QED) is 0.697. The first kappa shape index (κ1) is 16.5. The van der Waals surface area contributed by atoms with Crippen LogP contribution in [-0.2, 0) is 4.74 Å². The molecule has 0 bridgehead atoms. The fourth-order valence-corrected chi connectivity index (χ4v) is 3.25. The predicted molar refractivity (Wildman–Crippen MR) is 86.2 cm³/mol. The Morgan fingerprint density at radius 2 is 2.11 bits per heavy atom. The van der Waals surface area contributed by atoms with Gasteiger partial charge in [-0.1, -0.05) is 30.7 Å². The molecule has 19 heavy (non-hydrogen) atoms. The van der Waals surface area contributed by atoms with Crippen LogP contribution in [0.4, 0.5) is 0 Å². The third kappa shape index (κ3) is 5.98. The number of ether oxygens (including phenoxy) is 1. The minimum atomic E-state index is 0.457. The number of hydrogen-bond donors (Lipinski definition) is 1. The van der Waals surface area contributed by atoms with Crippen LogP contribution in [0.5, 0.6) is 0 Å². The van der Waals surface area contributed by atoms with Crippen molar-refractivity contribution in [3.63, 3.8) is 0 Å². The van der Waals surface area contributed by atoms with Crippen molar-refractivity contribution in [1.82, 2.24) is 5.32 Å². The zero-order valence-corrected chi connectivity index (χ0v) is 13.5. The van der Waals surface area contributed by atoms with Crippen molar-refractivity contribution in [3.05, 3.63) is 34.9 Å². The Hall–Kier alpha value is -0.510. The summed E-state index contributed by atoms with van der Waals surface area (Å²) in [6.45, 7) is 8.41. The van der Waals surface area contributed by atoms with E-state index in [0.717, 1.165) is 25.3 Å². The predicted octanol–water partition coefficient (Wildman–Crippen LogP) is 3.72. The van der Waals surface area contributed by atoms with Crippen LogP contribution in [0.1, 0.15) is 36.1 Å². The third-order valence-electron chi connectivity index (χ3n) is 3.17. The first-order valence-electron chi connectivity index (χ1n) is 7.06. The summed E-state index contributed by atoms with van der Waals surface area (Å²) in [5.41, 5.74) is 4.17. The number of methoxy groups -OCH3 is 1. The van der Waals surface area contributed by atoms with Crippen molar-refractivity contribution >= 4 is 11.8 Å². The van der Waals surface area contributed by atoms with Gasteiger partial charge in [0.05, 0.1) is 0 Å². The maximum atomic E-state index is 5.08. The smallest absolute Gasteiger partial charge is 0.0470 e. The number of hydrogen-bond acceptors (Lipinski definition) is 3. The third-order valence-corrected chi connectivity index (χ3v) is 4.32. The molecule has 0 saturated heterocycles. The minimum Gasteiger partial charge on any atom is -0.385 e. The topological polar surface area (TPSA) is 21.3 Å². The lowest BCUT2D eigenvalue weighted by atomic mass is 10.0. The molecule has 1 N–H and O–H groups in total. The van der Waals surface area contributed by atoms with Crippen molar-refractivity contribution in [2.24, 2.45) is 0 Å². The highest BCUT2D eigenvalue weighted by Gasteiger charge is 2.12. The maximum Gasteiger partial charge on any atom is 0.0470 e. The molecule has 2 nitrogen and oxygen atoms in total. The van der Waals surface area contributed by atoms with Gasteiger partial charge in [0, 0.05) is 25.5 Å². The summed E-state index contributed by atoms with van der Waals surface area (Å²) >= 11 is 2.01. The Labute approximate surface area is 122 Å². The van der Waals surface area contributed by atoms with Gasteiger partial charge in [0.15, 0.2) is 0 Å². The van der Waals surface area contributed by atoms with E-state index in [1.54, 1.807) is 7.11 Å². The average Bonchev–Trinajstić information content (AvgIpc) is 2.38. The second kappa shape index (κ2) is 9.40. The summed E-state index contributed by atoms with van der Waals surface area (Å²) in [4.78, 5) is 0. The highest BCUT2D eigenvalue weighted by atomic mass is 32.2. The molecule has 0 aliphatic heterocycles. The van der Waals surface area contributed by atoms with Crippen LogP contribution in [0, 0.1) is 13.8 Å². The van der Waals surface area contributed by atoms with Crippen molar-refractivity contribution < 1.29 is 4.74 Å². The maximum absolute atomic E-state index is 5.08. The second-order valence-electron chi connectivity index (χ2n) is 4.89. The van der Waals surface area contributed by atoms with Gasteiger partial charge in [0.1, 0.15) is 0 Å². The lowest BCUT2D eigenvalue weighted by molar-refractivity contribution is 0.200. The molecule has 1 atom stereocenters. The first-order valence-corrected chi connectivity index (χ1v) is 8.21. The molecule has 0 spiro atoms. The van der Waals surface area contributed by atoms with Crippen LogP contribution in [0.15, 0.2) is 18.2 Å². The Kier molecular flexibility index (Phi) is 8.19. The van der Waals surface area contributed by atoms with Crippen LogP contribution < -0.4 is 5.32 Å². The summed E-state index contributed by atoms with van der Waals surface area (Å²) in [7, 11) is 1.77. The lowest BCUT2D eigenvalue weighted by Gasteiger charge is -2.20. The number of rotatable bonds is 9. The number of nitrogens with one attached hydrogen (secondary N) is 1. The van der Waals surface area contributed by atoms with Crippen LogP contribution in [0.3, 0.4) is 0 Å². The standard InChI is InChI=1S/C16H27NOS/c1-5-17-16(12-19-10-6-9-18-4)15-8-7-13(2)11-14(15)3/h7-8,11,16-17H,5-6,9-10,12H2,1-4H3. The van der Waals surface area contributed by atoms with E-state index >= 15 is 0 Å². The van der Waals surface area contributed by atoms with E-state index in [1.807, 2.05) is 11.8 Å². The molecule has 0 amide bonds. The summed E-state index contributed by atoms with van der Waals surface area (Å²) < 4.78 is 5.08. The first-order chi connectivity index (χ1) is 9.19. The molecule has 0 fully saturated rings. The van der Waals surface area contributed by atoms with Crippen molar-refractivity contribution in [2.75, 3.05) is 31.8 Å². The van der Waals surface area contributed by atoms with Gasteiger partial charge in [0.25, 0.3) is 0 Å². The summed E-state index contributed by atoms with van der Waals surface area (Å²) in [5, 5.41) is 3.60. The van der Waals surface area contributed by atoms with E-state index in [4.69, 9.17) is 4.74 Å².